The molecule has 0 bridgehead atoms. The molecule has 0 aliphatic carbocycles. The van der Waals surface area contributed by atoms with E-state index in [1.165, 1.54) is 0 Å². The number of amides is 1. The molecule has 102 valence electrons. The van der Waals surface area contributed by atoms with Gasteiger partial charge in [0.1, 0.15) is 6.61 Å². The molecule has 2 heterocycles. The van der Waals surface area contributed by atoms with Crippen LogP contribution in [0.1, 0.15) is 10.4 Å². The highest BCUT2D eigenvalue weighted by molar-refractivity contribution is 6.08. The number of carbonyl (C=O) groups is 1. The van der Waals surface area contributed by atoms with Crippen molar-refractivity contribution in [3.8, 4) is 5.75 Å². The Hall–Kier alpha value is -2.56. The molecule has 0 saturated heterocycles. The van der Waals surface area contributed by atoms with Gasteiger partial charge in [-0.3, -0.25) is 9.78 Å². The quantitative estimate of drug-likeness (QED) is 0.907. The number of ether oxygens (including phenoxy) is 1. The SMILES string of the molecule is CN(C(=O)c1cccc2c1OCCN2)c1cccnc1. The van der Waals surface area contributed by atoms with Gasteiger partial charge < -0.3 is 15.0 Å². The first-order chi connectivity index (χ1) is 9.77. The normalized spacial score (nSPS) is 12.8. The number of hydrogen-bond donors (Lipinski definition) is 1. The Balaban J connectivity index is 1.95. The summed E-state index contributed by atoms with van der Waals surface area (Å²) in [5, 5.41) is 3.23. The number of fused-ring (bicyclic) bond motifs is 1. The minimum absolute atomic E-state index is 0.112. The molecule has 1 aromatic carbocycles. The van der Waals surface area contributed by atoms with Crippen molar-refractivity contribution in [3.63, 3.8) is 0 Å². The molecule has 0 fully saturated rings. The summed E-state index contributed by atoms with van der Waals surface area (Å²) >= 11 is 0. The molecule has 20 heavy (non-hydrogen) atoms. The fourth-order valence-corrected chi connectivity index (χ4v) is 2.19. The molecule has 1 amide bonds. The van der Waals surface area contributed by atoms with Crippen LogP contribution in [0.15, 0.2) is 42.7 Å². The van der Waals surface area contributed by atoms with E-state index in [9.17, 15) is 4.79 Å². The molecular weight excluding hydrogens is 254 g/mol. The number of para-hydroxylation sites is 1. The van der Waals surface area contributed by atoms with Crippen LogP contribution in [0, 0.1) is 0 Å². The maximum Gasteiger partial charge on any atom is 0.261 e. The Kier molecular flexibility index (Phi) is 3.25. The summed E-state index contributed by atoms with van der Waals surface area (Å²) in [6, 6.07) is 9.19. The summed E-state index contributed by atoms with van der Waals surface area (Å²) in [6.07, 6.45) is 3.34. The van der Waals surface area contributed by atoms with E-state index in [4.69, 9.17) is 4.74 Å². The van der Waals surface area contributed by atoms with E-state index in [1.807, 2.05) is 18.2 Å². The Labute approximate surface area is 117 Å². The lowest BCUT2D eigenvalue weighted by Crippen LogP contribution is -2.28. The first-order valence-corrected chi connectivity index (χ1v) is 6.45. The third kappa shape index (κ3) is 2.18. The summed E-state index contributed by atoms with van der Waals surface area (Å²) in [7, 11) is 1.73. The molecule has 0 radical (unpaired) electrons. The van der Waals surface area contributed by atoms with Crippen LogP contribution < -0.4 is 15.0 Å². The van der Waals surface area contributed by atoms with E-state index >= 15 is 0 Å². The van der Waals surface area contributed by atoms with Crippen LogP contribution in [0.2, 0.25) is 0 Å². The van der Waals surface area contributed by atoms with E-state index in [0.717, 1.165) is 17.9 Å². The highest BCUT2D eigenvalue weighted by atomic mass is 16.5. The van der Waals surface area contributed by atoms with Gasteiger partial charge in [0.2, 0.25) is 0 Å². The van der Waals surface area contributed by atoms with Gasteiger partial charge in [-0.1, -0.05) is 6.07 Å². The van der Waals surface area contributed by atoms with Crippen molar-refractivity contribution in [2.24, 2.45) is 0 Å². The Bertz CT molecular complexity index is 628. The van der Waals surface area contributed by atoms with E-state index in [1.54, 1.807) is 36.5 Å². The predicted molar refractivity (Wildman–Crippen MR) is 77.4 cm³/mol. The summed E-state index contributed by atoms with van der Waals surface area (Å²) in [6.45, 7) is 1.32. The summed E-state index contributed by atoms with van der Waals surface area (Å²) in [4.78, 5) is 18.2. The zero-order valence-electron chi connectivity index (χ0n) is 11.2. The highest BCUT2D eigenvalue weighted by Gasteiger charge is 2.22. The van der Waals surface area contributed by atoms with Gasteiger partial charge in [0.15, 0.2) is 5.75 Å². The lowest BCUT2D eigenvalue weighted by atomic mass is 10.1. The maximum atomic E-state index is 12.6. The van der Waals surface area contributed by atoms with Crippen LogP contribution in [0.5, 0.6) is 5.75 Å². The molecule has 0 saturated carbocycles. The monoisotopic (exact) mass is 269 g/mol. The maximum absolute atomic E-state index is 12.6. The minimum Gasteiger partial charge on any atom is -0.489 e. The van der Waals surface area contributed by atoms with Gasteiger partial charge in [-0.15, -0.1) is 0 Å². The zero-order chi connectivity index (χ0) is 13.9. The van der Waals surface area contributed by atoms with E-state index < -0.39 is 0 Å². The van der Waals surface area contributed by atoms with Crippen molar-refractivity contribution in [3.05, 3.63) is 48.3 Å². The second kappa shape index (κ2) is 5.21. The fourth-order valence-electron chi connectivity index (χ4n) is 2.19. The number of pyridine rings is 1. The number of anilines is 2. The van der Waals surface area contributed by atoms with Gasteiger partial charge >= 0.3 is 0 Å². The van der Waals surface area contributed by atoms with Crippen LogP contribution in [0.3, 0.4) is 0 Å². The van der Waals surface area contributed by atoms with Gasteiger partial charge in [0, 0.05) is 19.8 Å². The average Bonchev–Trinajstić information content (AvgIpc) is 2.54. The molecule has 1 N–H and O–H groups in total. The lowest BCUT2D eigenvalue weighted by Gasteiger charge is -2.23. The average molecular weight is 269 g/mol. The molecule has 0 spiro atoms. The van der Waals surface area contributed by atoms with Crippen molar-refractivity contribution < 1.29 is 9.53 Å². The molecule has 0 unspecified atom stereocenters. The lowest BCUT2D eigenvalue weighted by molar-refractivity contribution is 0.0989. The first kappa shape index (κ1) is 12.5. The Morgan fingerprint density at radius 1 is 1.35 bits per heavy atom. The summed E-state index contributed by atoms with van der Waals surface area (Å²) < 4.78 is 5.64. The number of aromatic nitrogens is 1. The summed E-state index contributed by atoms with van der Waals surface area (Å²) in [5.74, 6) is 0.512. The molecule has 5 heteroatoms. The second-order valence-corrected chi connectivity index (χ2v) is 4.53. The number of carbonyl (C=O) groups excluding carboxylic acids is 1. The fraction of sp³-hybridized carbons (Fsp3) is 0.200. The Morgan fingerprint density at radius 2 is 2.25 bits per heavy atom. The van der Waals surface area contributed by atoms with Crippen molar-refractivity contribution in [2.75, 3.05) is 30.4 Å². The molecule has 2 aromatic rings. The largest absolute Gasteiger partial charge is 0.489 e. The molecule has 1 aromatic heterocycles. The van der Waals surface area contributed by atoms with Gasteiger partial charge in [0.25, 0.3) is 5.91 Å². The van der Waals surface area contributed by atoms with Crippen LogP contribution >= 0.6 is 0 Å². The third-order valence-electron chi connectivity index (χ3n) is 3.25. The van der Waals surface area contributed by atoms with E-state index in [2.05, 4.69) is 10.3 Å². The van der Waals surface area contributed by atoms with E-state index in [0.29, 0.717) is 17.9 Å². The van der Waals surface area contributed by atoms with Crippen molar-refractivity contribution in [2.45, 2.75) is 0 Å². The molecular formula is C15H15N3O2. The number of hydrogen-bond acceptors (Lipinski definition) is 4. The number of nitrogens with one attached hydrogen (secondary N) is 1. The predicted octanol–water partition coefficient (Wildman–Crippen LogP) is 2.16. The number of rotatable bonds is 2. The third-order valence-corrected chi connectivity index (χ3v) is 3.25. The molecule has 1 aliphatic heterocycles. The smallest absolute Gasteiger partial charge is 0.261 e. The zero-order valence-corrected chi connectivity index (χ0v) is 11.2. The van der Waals surface area contributed by atoms with Crippen LogP contribution in [0.4, 0.5) is 11.4 Å². The number of nitrogens with zero attached hydrogens (tertiary/aromatic N) is 2. The van der Waals surface area contributed by atoms with Gasteiger partial charge in [-0.05, 0) is 24.3 Å². The molecule has 1 aliphatic rings. The van der Waals surface area contributed by atoms with Crippen LogP contribution in [-0.2, 0) is 0 Å². The number of benzene rings is 1. The van der Waals surface area contributed by atoms with Crippen molar-refractivity contribution in [1.82, 2.24) is 4.98 Å². The van der Waals surface area contributed by atoms with Crippen molar-refractivity contribution >= 4 is 17.3 Å². The van der Waals surface area contributed by atoms with Crippen molar-refractivity contribution in [1.29, 1.82) is 0 Å². The van der Waals surface area contributed by atoms with Gasteiger partial charge in [0.05, 0.1) is 23.1 Å². The molecule has 5 nitrogen and oxygen atoms in total. The van der Waals surface area contributed by atoms with Gasteiger partial charge in [-0.25, -0.2) is 0 Å². The standard InChI is InChI=1S/C15H15N3O2/c1-18(11-4-3-7-16-10-11)15(19)12-5-2-6-13-14(12)20-9-8-17-13/h2-7,10,17H,8-9H2,1H3. The van der Waals surface area contributed by atoms with Gasteiger partial charge in [-0.2, -0.15) is 0 Å². The minimum atomic E-state index is -0.112. The molecule has 0 atom stereocenters. The van der Waals surface area contributed by atoms with Crippen LogP contribution in [0.25, 0.3) is 0 Å². The first-order valence-electron chi connectivity index (χ1n) is 6.45. The topological polar surface area (TPSA) is 54.5 Å². The molecule has 3 rings (SSSR count). The second-order valence-electron chi connectivity index (χ2n) is 4.53. The Morgan fingerprint density at radius 3 is 3.05 bits per heavy atom. The van der Waals surface area contributed by atoms with E-state index in [-0.39, 0.29) is 5.91 Å². The highest BCUT2D eigenvalue weighted by Crippen LogP contribution is 2.32. The van der Waals surface area contributed by atoms with Crippen LogP contribution in [-0.4, -0.2) is 31.1 Å². The summed E-state index contributed by atoms with van der Waals surface area (Å²) in [5.41, 5.74) is 2.17.